The van der Waals surface area contributed by atoms with Crippen molar-refractivity contribution in [2.24, 2.45) is 0 Å². The Balaban J connectivity index is 1.49. The van der Waals surface area contributed by atoms with E-state index in [4.69, 9.17) is 0 Å². The largest absolute Gasteiger partial charge is 0.135 e. The minimum absolute atomic E-state index is 1.15. The van der Waals surface area contributed by atoms with E-state index in [-0.39, 0.29) is 0 Å². The van der Waals surface area contributed by atoms with Crippen molar-refractivity contribution in [1.82, 2.24) is 0 Å². The van der Waals surface area contributed by atoms with Crippen molar-refractivity contribution in [3.8, 4) is 0 Å². The van der Waals surface area contributed by atoms with E-state index in [1.54, 1.807) is 0 Å². The van der Waals surface area contributed by atoms with Crippen LogP contribution in [0.5, 0.6) is 0 Å². The maximum atomic E-state index is 2.43. The van der Waals surface area contributed by atoms with E-state index in [1.165, 1.54) is 85.9 Å². The summed E-state index contributed by atoms with van der Waals surface area (Å²) in [6.45, 7) is 4.51. The zero-order chi connectivity index (χ0) is 22.8. The molecule has 0 aliphatic carbocycles. The smallest absolute Gasteiger partial charge is 0.0434 e. The van der Waals surface area contributed by atoms with Crippen LogP contribution in [0.1, 0.15) is 37.8 Å². The maximum Gasteiger partial charge on any atom is 0.0434 e. The van der Waals surface area contributed by atoms with Gasteiger partial charge in [0.1, 0.15) is 0 Å². The molecule has 2 heteroatoms. The normalized spacial score (nSPS) is 12.3. The maximum absolute atomic E-state index is 2.43. The molecule has 7 aromatic rings. The molecule has 166 valence electrons. The second-order valence-corrected chi connectivity index (χ2v) is 11.6. The molecule has 0 unspecified atom stereocenters. The van der Waals surface area contributed by atoms with E-state index < -0.39 is 0 Å². The molecule has 0 fully saturated rings. The highest BCUT2D eigenvalue weighted by molar-refractivity contribution is 7.27. The molecule has 0 amide bonds. The summed E-state index contributed by atoms with van der Waals surface area (Å²) in [4.78, 5) is 0. The molecule has 0 atom stereocenters. The molecule has 2 aromatic heterocycles. The number of fused-ring (bicyclic) bond motifs is 10. The summed E-state index contributed by atoms with van der Waals surface area (Å²) in [5.41, 5.74) is 2.89. The van der Waals surface area contributed by atoms with E-state index in [0.29, 0.717) is 0 Å². The highest BCUT2D eigenvalue weighted by atomic mass is 32.1. The van der Waals surface area contributed by atoms with Gasteiger partial charge >= 0.3 is 0 Å². The quantitative estimate of drug-likeness (QED) is 0.223. The van der Waals surface area contributed by atoms with Gasteiger partial charge < -0.3 is 0 Å². The van der Waals surface area contributed by atoms with Gasteiger partial charge in [0.15, 0.2) is 0 Å². The Morgan fingerprint density at radius 2 is 0.941 bits per heavy atom. The molecule has 34 heavy (non-hydrogen) atoms. The second-order valence-electron chi connectivity index (χ2n) is 9.54. The van der Waals surface area contributed by atoms with Crippen LogP contribution in [0.4, 0.5) is 0 Å². The van der Waals surface area contributed by atoms with Gasteiger partial charge in [0.25, 0.3) is 0 Å². The number of rotatable bonds is 4. The third kappa shape index (κ3) is 3.02. The van der Waals surface area contributed by atoms with Crippen LogP contribution in [-0.2, 0) is 12.8 Å². The highest BCUT2D eigenvalue weighted by Crippen LogP contribution is 2.43. The van der Waals surface area contributed by atoms with E-state index in [9.17, 15) is 0 Å². The van der Waals surface area contributed by atoms with Gasteiger partial charge in [0, 0.05) is 51.1 Å². The number of aryl methyl sites for hydroxylation is 2. The number of benzene rings is 5. The Morgan fingerprint density at radius 3 is 1.38 bits per heavy atom. The fourth-order valence-corrected chi connectivity index (χ4v) is 8.01. The molecule has 0 aliphatic heterocycles. The standard InChI is InChI=1S/C32H26S2/c1-3-5-19-7-13-29-27(15-19)23-11-9-21-18-26-22(17-25(21)31(23)33-29)10-12-24-28-16-20(6-4-2)8-14-30(28)34-32(24)26/h7-18H,3-6H2,1-2H3. The van der Waals surface area contributed by atoms with Crippen LogP contribution in [-0.4, -0.2) is 0 Å². The van der Waals surface area contributed by atoms with Gasteiger partial charge in [-0.2, -0.15) is 0 Å². The molecule has 0 nitrogen and oxygen atoms in total. The van der Waals surface area contributed by atoms with Crippen molar-refractivity contribution in [3.05, 3.63) is 83.9 Å². The van der Waals surface area contributed by atoms with Gasteiger partial charge in [0.05, 0.1) is 0 Å². The zero-order valence-corrected chi connectivity index (χ0v) is 21.2. The topological polar surface area (TPSA) is 0 Å². The lowest BCUT2D eigenvalue weighted by atomic mass is 9.99. The van der Waals surface area contributed by atoms with Gasteiger partial charge in [0.2, 0.25) is 0 Å². The summed E-state index contributed by atoms with van der Waals surface area (Å²) in [5, 5.41) is 11.1. The summed E-state index contributed by atoms with van der Waals surface area (Å²) in [5.74, 6) is 0. The fourth-order valence-electron chi connectivity index (χ4n) is 5.60. The zero-order valence-electron chi connectivity index (χ0n) is 19.6. The SMILES string of the molecule is CCCc1ccc2sc3c4cc5ccc6c7cc(CCC)ccc7sc6c5cc4ccc3c2c1. The predicted octanol–water partition coefficient (Wildman–Crippen LogP) is 10.6. The minimum atomic E-state index is 1.15. The third-order valence-electron chi connectivity index (χ3n) is 7.23. The molecule has 0 N–H and O–H groups in total. The Morgan fingerprint density at radius 1 is 0.471 bits per heavy atom. The van der Waals surface area contributed by atoms with Crippen LogP contribution in [0.25, 0.3) is 61.9 Å². The summed E-state index contributed by atoms with van der Waals surface area (Å²) in [7, 11) is 0. The lowest BCUT2D eigenvalue weighted by molar-refractivity contribution is 0.924. The number of hydrogen-bond donors (Lipinski definition) is 0. The summed E-state index contributed by atoms with van der Waals surface area (Å²) >= 11 is 3.89. The van der Waals surface area contributed by atoms with Crippen LogP contribution in [0.15, 0.2) is 72.8 Å². The van der Waals surface area contributed by atoms with Crippen molar-refractivity contribution in [2.75, 3.05) is 0 Å². The van der Waals surface area contributed by atoms with Crippen molar-refractivity contribution < 1.29 is 0 Å². The van der Waals surface area contributed by atoms with E-state index in [0.717, 1.165) is 12.8 Å². The molecular weight excluding hydrogens is 448 g/mol. The summed E-state index contributed by atoms with van der Waals surface area (Å²) in [6, 6.07) is 28.3. The summed E-state index contributed by atoms with van der Waals surface area (Å²) in [6.07, 6.45) is 4.68. The van der Waals surface area contributed by atoms with Crippen molar-refractivity contribution in [3.63, 3.8) is 0 Å². The molecule has 0 saturated carbocycles. The van der Waals surface area contributed by atoms with Gasteiger partial charge in [-0.1, -0.05) is 63.1 Å². The first-order valence-corrected chi connectivity index (χ1v) is 14.0. The average Bonchev–Trinajstić information content (AvgIpc) is 3.41. The lowest BCUT2D eigenvalue weighted by Crippen LogP contribution is -1.82. The Labute approximate surface area is 207 Å². The first-order valence-electron chi connectivity index (χ1n) is 12.4. The molecule has 0 bridgehead atoms. The van der Waals surface area contributed by atoms with Crippen molar-refractivity contribution >= 4 is 84.6 Å². The molecule has 0 spiro atoms. The molecular formula is C32H26S2. The molecule has 2 heterocycles. The molecule has 0 saturated heterocycles. The Hall–Kier alpha value is -2.94. The van der Waals surface area contributed by atoms with Crippen molar-refractivity contribution in [2.45, 2.75) is 39.5 Å². The second kappa shape index (κ2) is 7.80. The highest BCUT2D eigenvalue weighted by Gasteiger charge is 2.13. The van der Waals surface area contributed by atoms with Crippen LogP contribution < -0.4 is 0 Å². The van der Waals surface area contributed by atoms with Crippen LogP contribution in [0.3, 0.4) is 0 Å². The van der Waals surface area contributed by atoms with Gasteiger partial charge in [-0.3, -0.25) is 0 Å². The predicted molar refractivity (Wildman–Crippen MR) is 155 cm³/mol. The van der Waals surface area contributed by atoms with E-state index in [1.807, 2.05) is 22.7 Å². The first kappa shape index (κ1) is 20.4. The van der Waals surface area contributed by atoms with Gasteiger partial charge in [-0.25, -0.2) is 0 Å². The lowest BCUT2D eigenvalue weighted by Gasteiger charge is -2.05. The van der Waals surface area contributed by atoms with E-state index >= 15 is 0 Å². The molecule has 0 aliphatic rings. The van der Waals surface area contributed by atoms with Crippen LogP contribution in [0.2, 0.25) is 0 Å². The number of hydrogen-bond acceptors (Lipinski definition) is 2. The van der Waals surface area contributed by atoms with E-state index in [2.05, 4.69) is 86.6 Å². The third-order valence-corrected chi connectivity index (χ3v) is 9.67. The summed E-state index contributed by atoms with van der Waals surface area (Å²) < 4.78 is 5.63. The average molecular weight is 475 g/mol. The molecule has 0 radical (unpaired) electrons. The molecule has 5 aromatic carbocycles. The van der Waals surface area contributed by atoms with Crippen molar-refractivity contribution in [1.29, 1.82) is 0 Å². The van der Waals surface area contributed by atoms with Crippen LogP contribution in [0, 0.1) is 0 Å². The first-order chi connectivity index (χ1) is 16.7. The Kier molecular flexibility index (Phi) is 4.69. The molecule has 7 rings (SSSR count). The van der Waals surface area contributed by atoms with Crippen LogP contribution >= 0.6 is 22.7 Å². The fraction of sp³-hybridized carbons (Fsp3) is 0.188. The van der Waals surface area contributed by atoms with Gasteiger partial charge in [-0.15, -0.1) is 22.7 Å². The monoisotopic (exact) mass is 474 g/mol. The Bertz CT molecular complexity index is 1740. The minimum Gasteiger partial charge on any atom is -0.135 e. The number of thiophene rings is 2. The van der Waals surface area contributed by atoms with Gasteiger partial charge in [-0.05, 0) is 71.1 Å².